The standard InChI is InChI=1S/C12H17BrN4/c1-14-6-4-11-15-12(13)10-8-9(16(2)3)5-7-17(10)11/h5,7-8,14H,4,6H2,1-3H3. The average Bonchev–Trinajstić information content (AvgIpc) is 2.63. The fourth-order valence-corrected chi connectivity index (χ4v) is 2.30. The van der Waals surface area contributed by atoms with Gasteiger partial charge in [0.05, 0.1) is 5.52 Å². The van der Waals surface area contributed by atoms with Crippen LogP contribution in [0.25, 0.3) is 5.52 Å². The fraction of sp³-hybridized carbons (Fsp3) is 0.417. The van der Waals surface area contributed by atoms with Crippen LogP contribution in [0.15, 0.2) is 22.9 Å². The molecule has 0 saturated heterocycles. The van der Waals surface area contributed by atoms with Crippen molar-refractivity contribution in [2.45, 2.75) is 6.42 Å². The minimum atomic E-state index is 0.910. The molecule has 0 saturated carbocycles. The van der Waals surface area contributed by atoms with Crippen LogP contribution in [0.5, 0.6) is 0 Å². The highest BCUT2D eigenvalue weighted by molar-refractivity contribution is 9.10. The highest BCUT2D eigenvalue weighted by Crippen LogP contribution is 2.23. The van der Waals surface area contributed by atoms with E-state index in [0.29, 0.717) is 0 Å². The molecule has 2 heterocycles. The smallest absolute Gasteiger partial charge is 0.132 e. The molecule has 0 aliphatic carbocycles. The van der Waals surface area contributed by atoms with Crippen molar-refractivity contribution in [1.29, 1.82) is 0 Å². The Bertz CT molecular complexity index is 518. The molecule has 0 bridgehead atoms. The molecule has 5 heteroatoms. The van der Waals surface area contributed by atoms with Gasteiger partial charge in [-0.05, 0) is 35.1 Å². The van der Waals surface area contributed by atoms with Crippen LogP contribution in [0.3, 0.4) is 0 Å². The summed E-state index contributed by atoms with van der Waals surface area (Å²) >= 11 is 3.52. The first kappa shape index (κ1) is 12.4. The van der Waals surface area contributed by atoms with Crippen LogP contribution in [-0.2, 0) is 6.42 Å². The lowest BCUT2D eigenvalue weighted by atomic mass is 10.3. The van der Waals surface area contributed by atoms with Crippen molar-refractivity contribution in [1.82, 2.24) is 14.7 Å². The number of nitrogens with one attached hydrogen (secondary N) is 1. The second kappa shape index (κ2) is 5.06. The largest absolute Gasteiger partial charge is 0.378 e. The van der Waals surface area contributed by atoms with E-state index >= 15 is 0 Å². The van der Waals surface area contributed by atoms with Gasteiger partial charge in [0.15, 0.2) is 0 Å². The van der Waals surface area contributed by atoms with Crippen molar-refractivity contribution in [3.8, 4) is 0 Å². The molecular formula is C12H17BrN4. The Morgan fingerprint density at radius 2 is 2.24 bits per heavy atom. The molecule has 0 amide bonds. The summed E-state index contributed by atoms with van der Waals surface area (Å²) in [5.74, 6) is 1.08. The number of hydrogen-bond donors (Lipinski definition) is 1. The van der Waals surface area contributed by atoms with E-state index in [1.54, 1.807) is 0 Å². The highest BCUT2D eigenvalue weighted by atomic mass is 79.9. The Labute approximate surface area is 110 Å². The third-order valence-corrected chi connectivity index (χ3v) is 3.35. The monoisotopic (exact) mass is 296 g/mol. The Hall–Kier alpha value is -1.07. The molecule has 0 aliphatic heterocycles. The Morgan fingerprint density at radius 1 is 1.47 bits per heavy atom. The number of pyridine rings is 1. The van der Waals surface area contributed by atoms with Crippen LogP contribution in [0.2, 0.25) is 0 Å². The first-order valence-electron chi connectivity index (χ1n) is 5.62. The quantitative estimate of drug-likeness (QED) is 0.936. The van der Waals surface area contributed by atoms with Crippen LogP contribution in [0.4, 0.5) is 5.69 Å². The van der Waals surface area contributed by atoms with E-state index in [2.05, 4.69) is 53.9 Å². The number of anilines is 1. The van der Waals surface area contributed by atoms with E-state index in [-0.39, 0.29) is 0 Å². The van der Waals surface area contributed by atoms with Gasteiger partial charge in [-0.15, -0.1) is 0 Å². The summed E-state index contributed by atoms with van der Waals surface area (Å²) in [7, 11) is 6.03. The predicted molar refractivity (Wildman–Crippen MR) is 74.8 cm³/mol. The van der Waals surface area contributed by atoms with E-state index < -0.39 is 0 Å². The van der Waals surface area contributed by atoms with Gasteiger partial charge in [0, 0.05) is 38.9 Å². The van der Waals surface area contributed by atoms with Gasteiger partial charge in [-0.2, -0.15) is 0 Å². The molecular weight excluding hydrogens is 280 g/mol. The highest BCUT2D eigenvalue weighted by Gasteiger charge is 2.09. The number of hydrogen-bond acceptors (Lipinski definition) is 3. The number of halogens is 1. The van der Waals surface area contributed by atoms with Crippen molar-refractivity contribution in [2.75, 3.05) is 32.6 Å². The van der Waals surface area contributed by atoms with E-state index in [9.17, 15) is 0 Å². The first-order valence-corrected chi connectivity index (χ1v) is 6.41. The van der Waals surface area contributed by atoms with Crippen LogP contribution < -0.4 is 10.2 Å². The second-order valence-corrected chi connectivity index (χ2v) is 4.96. The molecule has 0 atom stereocenters. The lowest BCUT2D eigenvalue weighted by Gasteiger charge is -2.12. The Kier molecular flexibility index (Phi) is 3.69. The van der Waals surface area contributed by atoms with Gasteiger partial charge in [0.1, 0.15) is 10.4 Å². The zero-order valence-corrected chi connectivity index (χ0v) is 12.0. The van der Waals surface area contributed by atoms with Crippen molar-refractivity contribution in [3.63, 3.8) is 0 Å². The number of nitrogens with zero attached hydrogens (tertiary/aromatic N) is 3. The van der Waals surface area contributed by atoms with E-state index in [0.717, 1.165) is 28.9 Å². The molecule has 2 rings (SSSR count). The van der Waals surface area contributed by atoms with Crippen LogP contribution in [-0.4, -0.2) is 37.1 Å². The Balaban J connectivity index is 2.45. The number of rotatable bonds is 4. The second-order valence-electron chi connectivity index (χ2n) is 4.21. The van der Waals surface area contributed by atoms with Crippen LogP contribution in [0.1, 0.15) is 5.82 Å². The Morgan fingerprint density at radius 3 is 2.88 bits per heavy atom. The zero-order valence-electron chi connectivity index (χ0n) is 10.4. The summed E-state index contributed by atoms with van der Waals surface area (Å²) in [6.07, 6.45) is 3.00. The van der Waals surface area contributed by atoms with Crippen molar-refractivity contribution in [2.24, 2.45) is 0 Å². The summed E-state index contributed by atoms with van der Waals surface area (Å²) in [6.45, 7) is 0.932. The average molecular weight is 297 g/mol. The van der Waals surface area contributed by atoms with E-state index in [4.69, 9.17) is 0 Å². The molecule has 1 N–H and O–H groups in total. The zero-order chi connectivity index (χ0) is 12.4. The van der Waals surface area contributed by atoms with Gasteiger partial charge < -0.3 is 14.6 Å². The molecule has 0 fully saturated rings. The van der Waals surface area contributed by atoms with E-state index in [1.807, 2.05) is 21.1 Å². The summed E-state index contributed by atoms with van der Waals surface area (Å²) in [6, 6.07) is 4.24. The number of likely N-dealkylation sites (N-methyl/N-ethyl adjacent to an activating group) is 1. The SMILES string of the molecule is CNCCc1nc(Br)c2cc(N(C)C)ccn12. The van der Waals surface area contributed by atoms with Gasteiger partial charge in [-0.25, -0.2) is 4.98 Å². The third-order valence-electron chi connectivity index (χ3n) is 2.77. The van der Waals surface area contributed by atoms with Crippen LogP contribution in [0, 0.1) is 0 Å². The summed E-state index contributed by atoms with van der Waals surface area (Å²) in [5, 5.41) is 3.14. The number of fused-ring (bicyclic) bond motifs is 1. The molecule has 0 aliphatic rings. The maximum absolute atomic E-state index is 4.55. The minimum Gasteiger partial charge on any atom is -0.378 e. The van der Waals surface area contributed by atoms with Gasteiger partial charge in [-0.3, -0.25) is 0 Å². The molecule has 17 heavy (non-hydrogen) atoms. The van der Waals surface area contributed by atoms with Crippen molar-refractivity contribution >= 4 is 27.1 Å². The predicted octanol–water partition coefficient (Wildman–Crippen LogP) is 1.92. The molecule has 4 nitrogen and oxygen atoms in total. The maximum atomic E-state index is 4.55. The summed E-state index contributed by atoms with van der Waals surface area (Å²) in [5.41, 5.74) is 2.29. The van der Waals surface area contributed by atoms with Crippen molar-refractivity contribution < 1.29 is 0 Å². The topological polar surface area (TPSA) is 32.6 Å². The lowest BCUT2D eigenvalue weighted by molar-refractivity contribution is 0.752. The van der Waals surface area contributed by atoms with Gasteiger partial charge in [0.25, 0.3) is 0 Å². The van der Waals surface area contributed by atoms with Gasteiger partial charge in [-0.1, -0.05) is 0 Å². The normalized spacial score (nSPS) is 11.1. The fourth-order valence-electron chi connectivity index (χ4n) is 1.79. The molecule has 0 radical (unpaired) electrons. The third kappa shape index (κ3) is 2.45. The van der Waals surface area contributed by atoms with Crippen LogP contribution >= 0.6 is 15.9 Å². The number of imidazole rings is 1. The maximum Gasteiger partial charge on any atom is 0.132 e. The van der Waals surface area contributed by atoms with Gasteiger partial charge >= 0.3 is 0 Å². The van der Waals surface area contributed by atoms with E-state index in [1.165, 1.54) is 5.69 Å². The van der Waals surface area contributed by atoms with Gasteiger partial charge in [0.2, 0.25) is 0 Å². The van der Waals surface area contributed by atoms with Crippen molar-refractivity contribution in [3.05, 3.63) is 28.8 Å². The summed E-state index contributed by atoms with van der Waals surface area (Å²) < 4.78 is 3.04. The number of aromatic nitrogens is 2. The summed E-state index contributed by atoms with van der Waals surface area (Å²) in [4.78, 5) is 6.64. The minimum absolute atomic E-state index is 0.910. The molecule has 2 aromatic heterocycles. The molecule has 0 spiro atoms. The molecule has 2 aromatic rings. The molecule has 0 aromatic carbocycles. The lowest BCUT2D eigenvalue weighted by Crippen LogP contribution is -2.12. The first-order chi connectivity index (χ1) is 8.13. The molecule has 92 valence electrons. The molecule has 0 unspecified atom stereocenters.